The first-order valence-corrected chi connectivity index (χ1v) is 6.94. The predicted molar refractivity (Wildman–Crippen MR) is 80.6 cm³/mol. The number of rotatable bonds is 6. The number of benzene rings is 1. The third-order valence-electron chi connectivity index (χ3n) is 3.57. The predicted octanol–water partition coefficient (Wildman–Crippen LogP) is -0.636. The minimum Gasteiger partial charge on any atom is -0.347 e. The summed E-state index contributed by atoms with van der Waals surface area (Å²) in [6, 6.07) is 10.4. The number of hydrogen-bond acceptors (Lipinski definition) is 7. The van der Waals surface area contributed by atoms with Crippen molar-refractivity contribution in [3.05, 3.63) is 53.9 Å². The van der Waals surface area contributed by atoms with Gasteiger partial charge in [0, 0.05) is 13.2 Å². The Labute approximate surface area is 133 Å². The Balaban J connectivity index is 2.42. The number of ether oxygens (including phenoxy) is 1. The van der Waals surface area contributed by atoms with Crippen LogP contribution in [-0.2, 0) is 11.8 Å². The first-order chi connectivity index (χ1) is 10.7. The van der Waals surface area contributed by atoms with E-state index in [1.54, 1.807) is 43.4 Å². The number of nitrogens with zero attached hydrogens (tertiary/aromatic N) is 3. The van der Waals surface area contributed by atoms with Crippen LogP contribution >= 0.6 is 0 Å². The van der Waals surface area contributed by atoms with Crippen LogP contribution in [0.2, 0.25) is 0 Å². The van der Waals surface area contributed by atoms with Crippen molar-refractivity contribution >= 4 is 0 Å². The van der Waals surface area contributed by atoms with Crippen LogP contribution < -0.4 is 0 Å². The maximum absolute atomic E-state index is 10.1. The summed E-state index contributed by atoms with van der Waals surface area (Å²) in [6.45, 7) is 0. The molecule has 1 unspecified atom stereocenters. The van der Waals surface area contributed by atoms with Crippen molar-refractivity contribution in [2.45, 2.75) is 18.0 Å². The van der Waals surface area contributed by atoms with Gasteiger partial charge < -0.3 is 25.2 Å². The average molecular weight is 323 g/mol. The molecule has 0 bridgehead atoms. The molecule has 23 heavy (non-hydrogen) atoms. The molecule has 0 radical (unpaired) electrons. The van der Waals surface area contributed by atoms with E-state index in [1.807, 2.05) is 0 Å². The highest BCUT2D eigenvalue weighted by Crippen LogP contribution is 2.32. The summed E-state index contributed by atoms with van der Waals surface area (Å²) < 4.78 is 6.78. The second-order valence-corrected chi connectivity index (χ2v) is 5.43. The van der Waals surface area contributed by atoms with Crippen LogP contribution in [0.15, 0.2) is 42.6 Å². The third kappa shape index (κ3) is 3.42. The molecule has 0 saturated carbocycles. The maximum Gasteiger partial charge on any atom is 0.352 e. The van der Waals surface area contributed by atoms with Gasteiger partial charge in [-0.15, -0.1) is 0 Å². The molecule has 8 nitrogen and oxygen atoms in total. The topological polar surface area (TPSA) is 111 Å². The van der Waals surface area contributed by atoms with E-state index in [0.717, 1.165) is 4.90 Å². The van der Waals surface area contributed by atoms with E-state index in [4.69, 9.17) is 4.74 Å². The van der Waals surface area contributed by atoms with Crippen LogP contribution in [0.3, 0.4) is 0 Å². The molecule has 2 rings (SSSR count). The Kier molecular flexibility index (Phi) is 4.85. The van der Waals surface area contributed by atoms with Crippen LogP contribution in [0.1, 0.15) is 17.4 Å². The zero-order chi connectivity index (χ0) is 17.3. The van der Waals surface area contributed by atoms with Gasteiger partial charge in [0.25, 0.3) is 0 Å². The second kappa shape index (κ2) is 6.36. The quantitative estimate of drug-likeness (QED) is 0.524. The third-order valence-corrected chi connectivity index (χ3v) is 3.57. The maximum atomic E-state index is 10.1. The fraction of sp³-hybridized carbons (Fsp3) is 0.400. The molecule has 8 heteroatoms. The van der Waals surface area contributed by atoms with Gasteiger partial charge >= 0.3 is 11.9 Å². The van der Waals surface area contributed by atoms with Crippen LogP contribution in [0.4, 0.5) is 0 Å². The first-order valence-electron chi connectivity index (χ1n) is 6.94. The van der Waals surface area contributed by atoms with Gasteiger partial charge in [0.15, 0.2) is 0 Å². The van der Waals surface area contributed by atoms with Gasteiger partial charge in [0.1, 0.15) is 6.10 Å². The summed E-state index contributed by atoms with van der Waals surface area (Å²) in [5, 5.41) is 44.1. The molecule has 1 aromatic carbocycles. The summed E-state index contributed by atoms with van der Waals surface area (Å²) >= 11 is 0. The molecule has 0 amide bonds. The molecule has 0 aliphatic carbocycles. The molecule has 1 heterocycles. The van der Waals surface area contributed by atoms with Gasteiger partial charge in [-0.1, -0.05) is 30.3 Å². The summed E-state index contributed by atoms with van der Waals surface area (Å²) in [6.07, 6.45) is 0.555. The normalized spacial score (nSPS) is 14.3. The van der Waals surface area contributed by atoms with Crippen LogP contribution in [0, 0.1) is 0 Å². The summed E-state index contributed by atoms with van der Waals surface area (Å²) in [5.74, 6) is -6.26. The number of aliphatic hydroxyl groups is 4. The van der Waals surface area contributed by atoms with E-state index in [0.29, 0.717) is 11.3 Å². The first kappa shape index (κ1) is 17.5. The zero-order valence-corrected chi connectivity index (χ0v) is 13.2. The lowest BCUT2D eigenvalue weighted by molar-refractivity contribution is -0.498. The van der Waals surface area contributed by atoms with Crippen molar-refractivity contribution in [2.75, 3.05) is 14.1 Å². The molecular formula is C15H21N3O5. The van der Waals surface area contributed by atoms with Crippen molar-refractivity contribution in [2.24, 2.45) is 7.05 Å². The molecule has 0 spiro atoms. The molecule has 0 saturated heterocycles. The summed E-state index contributed by atoms with van der Waals surface area (Å²) in [7, 11) is 4.21. The van der Waals surface area contributed by atoms with E-state index < -0.39 is 18.0 Å². The number of hydrogen-bond donors (Lipinski definition) is 4. The lowest BCUT2D eigenvalue weighted by atomic mass is 10.1. The molecule has 0 fully saturated rings. The molecule has 2 aromatic rings. The van der Waals surface area contributed by atoms with Crippen molar-refractivity contribution in [1.82, 2.24) is 14.7 Å². The monoisotopic (exact) mass is 323 g/mol. The highest BCUT2D eigenvalue weighted by molar-refractivity contribution is 5.25. The highest BCUT2D eigenvalue weighted by atomic mass is 16.8. The number of likely N-dealkylation sites (N-methyl/N-ethyl adjacent to an activating group) is 1. The summed E-state index contributed by atoms with van der Waals surface area (Å²) in [5.41, 5.74) is 1.11. The Hall–Kier alpha value is -1.81. The van der Waals surface area contributed by atoms with Crippen molar-refractivity contribution < 1.29 is 25.2 Å². The Morgan fingerprint density at radius 1 is 1.09 bits per heavy atom. The molecule has 126 valence electrons. The molecule has 4 N–H and O–H groups in total. The van der Waals surface area contributed by atoms with Crippen molar-refractivity contribution in [1.29, 1.82) is 0 Å². The van der Waals surface area contributed by atoms with Crippen LogP contribution in [0.25, 0.3) is 0 Å². The smallest absolute Gasteiger partial charge is 0.347 e. The van der Waals surface area contributed by atoms with E-state index >= 15 is 0 Å². The fourth-order valence-corrected chi connectivity index (χ4v) is 2.10. The van der Waals surface area contributed by atoms with E-state index in [9.17, 15) is 20.4 Å². The Morgan fingerprint density at radius 2 is 1.70 bits per heavy atom. The van der Waals surface area contributed by atoms with Crippen molar-refractivity contribution in [3.63, 3.8) is 0 Å². The van der Waals surface area contributed by atoms with Gasteiger partial charge in [0.05, 0.1) is 5.69 Å². The molecular weight excluding hydrogens is 302 g/mol. The van der Waals surface area contributed by atoms with Gasteiger partial charge in [-0.05, 0) is 25.7 Å². The van der Waals surface area contributed by atoms with E-state index in [1.165, 1.54) is 25.0 Å². The average Bonchev–Trinajstić information content (AvgIpc) is 2.91. The molecule has 1 aromatic heterocycles. The lowest BCUT2D eigenvalue weighted by Gasteiger charge is -2.39. The minimum absolute atomic E-state index is 0.512. The van der Waals surface area contributed by atoms with Gasteiger partial charge in [-0.2, -0.15) is 5.10 Å². The zero-order valence-electron chi connectivity index (χ0n) is 13.2. The van der Waals surface area contributed by atoms with Crippen LogP contribution in [-0.4, -0.2) is 61.1 Å². The van der Waals surface area contributed by atoms with Crippen LogP contribution in [0.5, 0.6) is 0 Å². The molecule has 0 aliphatic rings. The Bertz CT molecular complexity index is 640. The van der Waals surface area contributed by atoms with E-state index in [-0.39, 0.29) is 0 Å². The van der Waals surface area contributed by atoms with Gasteiger partial charge in [-0.25, -0.2) is 0 Å². The Morgan fingerprint density at radius 3 is 2.17 bits per heavy atom. The summed E-state index contributed by atoms with van der Waals surface area (Å²) in [4.78, 5) is 0.818. The number of aryl methyl sites for hydroxylation is 1. The fourth-order valence-electron chi connectivity index (χ4n) is 2.10. The minimum atomic E-state index is -3.25. The largest absolute Gasteiger partial charge is 0.352 e. The standard InChI is InChI=1S/C15H21N3O5/c1-17(2)14(19,20)15(21,22)23-13(11-7-5-4-6-8-11)12-9-10-16-18(12)3/h4-10,13,19-22H,1-3H3. The van der Waals surface area contributed by atoms with Gasteiger partial charge in [0.2, 0.25) is 0 Å². The SMILES string of the molecule is CN(C)C(O)(O)C(O)(O)OC(c1ccccc1)c1ccnn1C. The van der Waals surface area contributed by atoms with Gasteiger partial charge in [-0.3, -0.25) is 9.58 Å². The molecule has 1 atom stereocenters. The number of aromatic nitrogens is 2. The highest BCUT2D eigenvalue weighted by Gasteiger charge is 2.53. The van der Waals surface area contributed by atoms with Crippen molar-refractivity contribution in [3.8, 4) is 0 Å². The lowest BCUT2D eigenvalue weighted by Crippen LogP contribution is -2.64. The van der Waals surface area contributed by atoms with E-state index in [2.05, 4.69) is 5.10 Å². The second-order valence-electron chi connectivity index (χ2n) is 5.43. The molecule has 0 aliphatic heterocycles.